The van der Waals surface area contributed by atoms with Crippen molar-refractivity contribution in [3.05, 3.63) is 0 Å². The van der Waals surface area contributed by atoms with Gasteiger partial charge >= 0.3 is 5.92 Å². The molecule has 2 nitrogen and oxygen atoms in total. The van der Waals surface area contributed by atoms with Crippen LogP contribution in [0, 0.1) is 0 Å². The van der Waals surface area contributed by atoms with Crippen LogP contribution in [0.5, 0.6) is 0 Å². The topological polar surface area (TPSA) is 40.5 Å². The van der Waals surface area contributed by atoms with Crippen molar-refractivity contribution in [3.63, 3.8) is 0 Å². The normalized spacial score (nSPS) is 14.4. The van der Waals surface area contributed by atoms with Gasteiger partial charge < -0.3 is 10.2 Å². The van der Waals surface area contributed by atoms with Crippen molar-refractivity contribution in [1.82, 2.24) is 0 Å². The summed E-state index contributed by atoms with van der Waals surface area (Å²) in [4.78, 5) is -1.94. The van der Waals surface area contributed by atoms with Crippen LogP contribution in [-0.2, 0) is 0 Å². The molecule has 0 heterocycles. The van der Waals surface area contributed by atoms with E-state index in [1.807, 2.05) is 0 Å². The minimum Gasteiger partial charge on any atom is -0.363 e. The van der Waals surface area contributed by atoms with Gasteiger partial charge in [-0.25, -0.2) is 0 Å². The van der Waals surface area contributed by atoms with Crippen LogP contribution in [0.4, 0.5) is 8.78 Å². The molecule has 0 rings (SSSR count). The van der Waals surface area contributed by atoms with Crippen LogP contribution in [0.15, 0.2) is 0 Å². The molecule has 2 N–H and O–H groups in total. The lowest BCUT2D eigenvalue weighted by atomic mass is 10.1. The fraction of sp³-hybridized carbons (Fsp3) is 1.00. The van der Waals surface area contributed by atoms with E-state index in [2.05, 4.69) is 0 Å². The number of alkyl halides is 3. The van der Waals surface area contributed by atoms with Crippen LogP contribution in [0.2, 0.25) is 0 Å². The Balaban J connectivity index is 4.40. The minimum atomic E-state index is -3.69. The number of hydrogen-bond donors (Lipinski definition) is 2. The molecule has 0 fully saturated rings. The molecule has 10 heavy (non-hydrogen) atoms. The van der Waals surface area contributed by atoms with Crippen molar-refractivity contribution in [1.29, 1.82) is 0 Å². The average Bonchev–Trinajstić information content (AvgIpc) is 1.62. The Hall–Kier alpha value is 0.0700. The predicted octanol–water partition coefficient (Wildman–Crippen LogP) is 0.950. The summed E-state index contributed by atoms with van der Waals surface area (Å²) in [5.41, 5.74) is 0. The highest BCUT2D eigenvalue weighted by molar-refractivity contribution is 6.24. The van der Waals surface area contributed by atoms with E-state index in [1.54, 1.807) is 0 Å². The second-order valence-corrected chi connectivity index (χ2v) is 3.41. The summed E-state index contributed by atoms with van der Waals surface area (Å²) in [6.45, 7) is 2.02. The first kappa shape index (κ1) is 10.1. The van der Waals surface area contributed by atoms with Gasteiger partial charge in [0, 0.05) is 0 Å². The lowest BCUT2D eigenvalue weighted by Gasteiger charge is -2.28. The summed E-state index contributed by atoms with van der Waals surface area (Å²) in [6, 6.07) is 0. The van der Waals surface area contributed by atoms with Crippen LogP contribution in [0.3, 0.4) is 0 Å². The number of halogens is 3. The zero-order valence-electron chi connectivity index (χ0n) is 5.61. The largest absolute Gasteiger partial charge is 0.363 e. The first-order valence-corrected chi connectivity index (χ1v) is 3.00. The zero-order valence-corrected chi connectivity index (χ0v) is 6.36. The summed E-state index contributed by atoms with van der Waals surface area (Å²) in [6.07, 6.45) is -2.71. The van der Waals surface area contributed by atoms with Crippen LogP contribution in [0.1, 0.15) is 13.8 Å². The van der Waals surface area contributed by atoms with E-state index >= 15 is 0 Å². The molecule has 0 aromatic carbocycles. The molecular weight excluding hydrogens is 166 g/mol. The molecule has 62 valence electrons. The summed E-state index contributed by atoms with van der Waals surface area (Å²) < 4.78 is 24.8. The Morgan fingerprint density at radius 3 is 1.60 bits per heavy atom. The van der Waals surface area contributed by atoms with Crippen LogP contribution < -0.4 is 0 Å². The van der Waals surface area contributed by atoms with Crippen molar-refractivity contribution in [2.45, 2.75) is 30.9 Å². The maximum atomic E-state index is 12.4. The van der Waals surface area contributed by atoms with Gasteiger partial charge in [-0.2, -0.15) is 8.78 Å². The lowest BCUT2D eigenvalue weighted by molar-refractivity contribution is -0.221. The van der Waals surface area contributed by atoms with Crippen molar-refractivity contribution in [3.8, 4) is 0 Å². The summed E-state index contributed by atoms with van der Waals surface area (Å²) in [5, 5.41) is 16.3. The van der Waals surface area contributed by atoms with E-state index in [0.717, 1.165) is 13.8 Å². The number of aliphatic hydroxyl groups is 2. The first-order chi connectivity index (χ1) is 4.19. The van der Waals surface area contributed by atoms with Crippen LogP contribution in [0.25, 0.3) is 0 Å². The van der Waals surface area contributed by atoms with Gasteiger partial charge in [-0.05, 0) is 13.8 Å². The third-order valence-electron chi connectivity index (χ3n) is 1.12. The second kappa shape index (κ2) is 2.60. The smallest absolute Gasteiger partial charge is 0.315 e. The fourth-order valence-corrected chi connectivity index (χ4v) is 0.405. The molecule has 0 aliphatic rings. The van der Waals surface area contributed by atoms with Gasteiger partial charge in [-0.3, -0.25) is 0 Å². The maximum Gasteiger partial charge on any atom is 0.315 e. The van der Waals surface area contributed by atoms with Crippen molar-refractivity contribution in [2.75, 3.05) is 0 Å². The van der Waals surface area contributed by atoms with E-state index in [4.69, 9.17) is 21.8 Å². The summed E-state index contributed by atoms with van der Waals surface area (Å²) in [7, 11) is 0. The van der Waals surface area contributed by atoms with Crippen molar-refractivity contribution >= 4 is 11.6 Å². The molecule has 0 spiro atoms. The van der Waals surface area contributed by atoms with Gasteiger partial charge in [0.2, 0.25) is 6.29 Å². The number of hydrogen-bond acceptors (Lipinski definition) is 2. The van der Waals surface area contributed by atoms with Gasteiger partial charge in [0.15, 0.2) is 0 Å². The minimum absolute atomic E-state index is 1.01. The standard InChI is InChI=1S/C5H9ClF2O2/c1-4(2,6)5(7,8)3(9)10/h3,9-10H,1-2H3. The molecule has 0 saturated carbocycles. The second-order valence-electron chi connectivity index (χ2n) is 2.47. The Labute approximate surface area is 62.4 Å². The molecule has 0 aromatic rings. The molecule has 0 unspecified atom stereocenters. The quantitative estimate of drug-likeness (QED) is 0.484. The van der Waals surface area contributed by atoms with Gasteiger partial charge in [-0.1, -0.05) is 0 Å². The van der Waals surface area contributed by atoms with E-state index in [9.17, 15) is 8.78 Å². The van der Waals surface area contributed by atoms with Gasteiger partial charge in [0.1, 0.15) is 4.87 Å². The monoisotopic (exact) mass is 174 g/mol. The van der Waals surface area contributed by atoms with E-state index in [0.29, 0.717) is 0 Å². The molecule has 0 saturated heterocycles. The van der Waals surface area contributed by atoms with Crippen LogP contribution in [-0.4, -0.2) is 27.3 Å². The van der Waals surface area contributed by atoms with E-state index < -0.39 is 17.1 Å². The molecule has 0 aromatic heterocycles. The highest BCUT2D eigenvalue weighted by Gasteiger charge is 2.51. The zero-order chi connectivity index (χ0) is 8.58. The Morgan fingerprint density at radius 1 is 1.30 bits per heavy atom. The predicted molar refractivity (Wildman–Crippen MR) is 33.1 cm³/mol. The van der Waals surface area contributed by atoms with Crippen LogP contribution >= 0.6 is 11.6 Å². The molecular formula is C5H9ClF2O2. The Morgan fingerprint density at radius 2 is 1.60 bits per heavy atom. The first-order valence-electron chi connectivity index (χ1n) is 2.62. The third-order valence-corrected chi connectivity index (χ3v) is 1.37. The molecule has 0 amide bonds. The fourth-order valence-electron chi connectivity index (χ4n) is 0.307. The summed E-state index contributed by atoms with van der Waals surface area (Å²) in [5.74, 6) is -3.69. The third kappa shape index (κ3) is 1.78. The Kier molecular flexibility index (Phi) is 2.62. The Bertz CT molecular complexity index is 119. The molecule has 0 aliphatic heterocycles. The highest BCUT2D eigenvalue weighted by atomic mass is 35.5. The number of aliphatic hydroxyl groups excluding tert-OH is 1. The molecule has 0 radical (unpaired) electrons. The molecule has 0 bridgehead atoms. The molecule has 5 heteroatoms. The van der Waals surface area contributed by atoms with Gasteiger partial charge in [0.05, 0.1) is 0 Å². The van der Waals surface area contributed by atoms with Gasteiger partial charge in [0.25, 0.3) is 0 Å². The molecule has 0 aliphatic carbocycles. The summed E-state index contributed by atoms with van der Waals surface area (Å²) >= 11 is 5.15. The average molecular weight is 175 g/mol. The maximum absolute atomic E-state index is 12.4. The SMILES string of the molecule is CC(C)(Cl)C(F)(F)C(O)O. The highest BCUT2D eigenvalue weighted by Crippen LogP contribution is 2.35. The molecule has 0 atom stereocenters. The number of rotatable bonds is 2. The van der Waals surface area contributed by atoms with E-state index in [-0.39, 0.29) is 0 Å². The van der Waals surface area contributed by atoms with Crippen molar-refractivity contribution < 1.29 is 19.0 Å². The van der Waals surface area contributed by atoms with Gasteiger partial charge in [-0.15, -0.1) is 11.6 Å². The lowest BCUT2D eigenvalue weighted by Crippen LogP contribution is -2.47. The van der Waals surface area contributed by atoms with E-state index in [1.165, 1.54) is 0 Å². The van der Waals surface area contributed by atoms with Crippen molar-refractivity contribution in [2.24, 2.45) is 0 Å².